The van der Waals surface area contributed by atoms with E-state index >= 15 is 0 Å². The Morgan fingerprint density at radius 2 is 2.11 bits per heavy atom. The zero-order valence-electron chi connectivity index (χ0n) is 9.73. The van der Waals surface area contributed by atoms with Crippen molar-refractivity contribution >= 4 is 17.6 Å². The standard InChI is InChI=1S/C13H13FN2O2/c14-8-3-1-4-9(7-8)16-12(17)10-5-2-6-11(10)15-13(16)18/h1,3-4,7,10-11H,2,5-6H2,(H,15,18). The maximum atomic E-state index is 13.2. The number of nitrogens with one attached hydrogen (secondary N) is 1. The van der Waals surface area contributed by atoms with Crippen LogP contribution in [0.15, 0.2) is 24.3 Å². The number of rotatable bonds is 1. The SMILES string of the molecule is O=C1NC2CCCC2C(=O)N1c1cccc(F)c1. The smallest absolute Gasteiger partial charge is 0.328 e. The molecule has 0 radical (unpaired) electrons. The van der Waals surface area contributed by atoms with Gasteiger partial charge in [0.05, 0.1) is 11.6 Å². The van der Waals surface area contributed by atoms with Gasteiger partial charge in [-0.15, -0.1) is 0 Å². The van der Waals surface area contributed by atoms with Gasteiger partial charge in [-0.25, -0.2) is 14.1 Å². The summed E-state index contributed by atoms with van der Waals surface area (Å²) in [6.07, 6.45) is 2.58. The van der Waals surface area contributed by atoms with Crippen LogP contribution >= 0.6 is 0 Å². The number of fused-ring (bicyclic) bond motifs is 1. The predicted molar refractivity (Wildman–Crippen MR) is 63.5 cm³/mol. The number of hydrogen-bond donors (Lipinski definition) is 1. The maximum absolute atomic E-state index is 13.2. The molecule has 1 aliphatic heterocycles. The van der Waals surface area contributed by atoms with Gasteiger partial charge in [0.2, 0.25) is 5.91 Å². The summed E-state index contributed by atoms with van der Waals surface area (Å²) < 4.78 is 13.2. The molecular formula is C13H13FN2O2. The van der Waals surface area contributed by atoms with E-state index in [4.69, 9.17) is 0 Å². The van der Waals surface area contributed by atoms with Gasteiger partial charge in [0.15, 0.2) is 0 Å². The number of urea groups is 1. The Bertz CT molecular complexity index is 517. The summed E-state index contributed by atoms with van der Waals surface area (Å²) in [5, 5.41) is 2.82. The van der Waals surface area contributed by atoms with Crippen molar-refractivity contribution < 1.29 is 14.0 Å². The Morgan fingerprint density at radius 1 is 1.28 bits per heavy atom. The van der Waals surface area contributed by atoms with E-state index in [9.17, 15) is 14.0 Å². The van der Waals surface area contributed by atoms with Crippen molar-refractivity contribution in [2.75, 3.05) is 4.90 Å². The first-order valence-electron chi connectivity index (χ1n) is 6.07. The van der Waals surface area contributed by atoms with Crippen LogP contribution in [-0.4, -0.2) is 18.0 Å². The molecule has 2 unspecified atom stereocenters. The summed E-state index contributed by atoms with van der Waals surface area (Å²) in [5.74, 6) is -0.834. The average Bonchev–Trinajstić information content (AvgIpc) is 2.77. The number of benzene rings is 1. The van der Waals surface area contributed by atoms with Gasteiger partial charge in [-0.2, -0.15) is 0 Å². The number of nitrogens with zero attached hydrogens (tertiary/aromatic N) is 1. The van der Waals surface area contributed by atoms with Crippen LogP contribution in [-0.2, 0) is 4.79 Å². The molecule has 2 fully saturated rings. The molecule has 1 heterocycles. The first kappa shape index (κ1) is 11.2. The molecule has 1 N–H and O–H groups in total. The lowest BCUT2D eigenvalue weighted by Crippen LogP contribution is -2.58. The van der Waals surface area contributed by atoms with Crippen molar-refractivity contribution in [3.63, 3.8) is 0 Å². The minimum Gasteiger partial charge on any atom is -0.334 e. The number of carbonyl (C=O) groups is 2. The number of halogens is 1. The van der Waals surface area contributed by atoms with E-state index in [1.54, 1.807) is 6.07 Å². The van der Waals surface area contributed by atoms with Gasteiger partial charge < -0.3 is 5.32 Å². The van der Waals surface area contributed by atoms with Gasteiger partial charge in [-0.05, 0) is 31.0 Å². The van der Waals surface area contributed by atoms with Crippen molar-refractivity contribution in [3.05, 3.63) is 30.1 Å². The Morgan fingerprint density at radius 3 is 2.89 bits per heavy atom. The molecule has 0 spiro atoms. The molecule has 1 saturated heterocycles. The molecule has 4 nitrogen and oxygen atoms in total. The van der Waals surface area contributed by atoms with Gasteiger partial charge in [0.25, 0.3) is 0 Å². The summed E-state index contributed by atoms with van der Waals surface area (Å²) in [7, 11) is 0. The highest BCUT2D eigenvalue weighted by molar-refractivity contribution is 6.17. The quantitative estimate of drug-likeness (QED) is 0.827. The molecule has 18 heavy (non-hydrogen) atoms. The van der Waals surface area contributed by atoms with E-state index in [0.29, 0.717) is 5.69 Å². The molecule has 5 heteroatoms. The molecule has 0 bridgehead atoms. The summed E-state index contributed by atoms with van der Waals surface area (Å²) in [4.78, 5) is 25.3. The highest BCUT2D eigenvalue weighted by Crippen LogP contribution is 2.32. The number of anilines is 1. The first-order valence-corrected chi connectivity index (χ1v) is 6.07. The van der Waals surface area contributed by atoms with Crippen LogP contribution in [0.1, 0.15) is 19.3 Å². The minimum absolute atomic E-state index is 0.0465. The van der Waals surface area contributed by atoms with Crippen LogP contribution in [0.4, 0.5) is 14.9 Å². The first-order chi connectivity index (χ1) is 8.66. The summed E-state index contributed by atoms with van der Waals surface area (Å²) in [6, 6.07) is 5.05. The van der Waals surface area contributed by atoms with Gasteiger partial charge in [-0.1, -0.05) is 12.5 Å². The molecule has 1 saturated carbocycles. The van der Waals surface area contributed by atoms with Crippen LogP contribution in [0.2, 0.25) is 0 Å². The third-order valence-corrected chi connectivity index (χ3v) is 3.63. The lowest BCUT2D eigenvalue weighted by Gasteiger charge is -2.33. The monoisotopic (exact) mass is 248 g/mol. The molecular weight excluding hydrogens is 235 g/mol. The molecule has 2 atom stereocenters. The molecule has 3 rings (SSSR count). The fraction of sp³-hybridized carbons (Fsp3) is 0.385. The van der Waals surface area contributed by atoms with E-state index in [1.165, 1.54) is 18.2 Å². The fourth-order valence-corrected chi connectivity index (χ4v) is 2.78. The van der Waals surface area contributed by atoms with E-state index < -0.39 is 11.8 Å². The molecule has 2 aliphatic rings. The van der Waals surface area contributed by atoms with E-state index in [2.05, 4.69) is 5.32 Å². The van der Waals surface area contributed by atoms with Crippen LogP contribution in [0.5, 0.6) is 0 Å². The van der Waals surface area contributed by atoms with Crippen LogP contribution in [0.3, 0.4) is 0 Å². The van der Waals surface area contributed by atoms with Gasteiger partial charge in [0, 0.05) is 6.04 Å². The van der Waals surface area contributed by atoms with Crippen molar-refractivity contribution in [2.24, 2.45) is 5.92 Å². The largest absolute Gasteiger partial charge is 0.334 e. The second kappa shape index (κ2) is 4.08. The molecule has 3 amide bonds. The van der Waals surface area contributed by atoms with Crippen LogP contribution < -0.4 is 10.2 Å². The van der Waals surface area contributed by atoms with Gasteiger partial charge in [0.1, 0.15) is 5.82 Å². The van der Waals surface area contributed by atoms with Gasteiger partial charge in [-0.3, -0.25) is 4.79 Å². The minimum atomic E-state index is -0.457. The Labute approximate surface area is 104 Å². The lowest BCUT2D eigenvalue weighted by atomic mass is 9.99. The zero-order valence-corrected chi connectivity index (χ0v) is 9.73. The molecule has 1 aromatic carbocycles. The lowest BCUT2D eigenvalue weighted by molar-refractivity contribution is -0.122. The Kier molecular flexibility index (Phi) is 2.54. The fourth-order valence-electron chi connectivity index (χ4n) is 2.78. The second-order valence-corrected chi connectivity index (χ2v) is 4.75. The van der Waals surface area contributed by atoms with Crippen molar-refractivity contribution in [1.82, 2.24) is 5.32 Å². The van der Waals surface area contributed by atoms with E-state index in [-0.39, 0.29) is 17.9 Å². The second-order valence-electron chi connectivity index (χ2n) is 4.75. The molecule has 1 aliphatic carbocycles. The topological polar surface area (TPSA) is 49.4 Å². The molecule has 0 aromatic heterocycles. The van der Waals surface area contributed by atoms with E-state index in [0.717, 1.165) is 24.2 Å². The highest BCUT2D eigenvalue weighted by atomic mass is 19.1. The summed E-state index contributed by atoms with van der Waals surface area (Å²) in [5.41, 5.74) is 0.294. The van der Waals surface area contributed by atoms with Crippen molar-refractivity contribution in [1.29, 1.82) is 0 Å². The number of hydrogen-bond acceptors (Lipinski definition) is 2. The molecule has 1 aromatic rings. The normalized spacial score (nSPS) is 27.1. The van der Waals surface area contributed by atoms with Crippen LogP contribution in [0.25, 0.3) is 0 Å². The average molecular weight is 248 g/mol. The van der Waals surface area contributed by atoms with Crippen molar-refractivity contribution in [2.45, 2.75) is 25.3 Å². The van der Waals surface area contributed by atoms with Crippen LogP contribution in [0, 0.1) is 11.7 Å². The summed E-state index contributed by atoms with van der Waals surface area (Å²) >= 11 is 0. The third-order valence-electron chi connectivity index (χ3n) is 3.63. The predicted octanol–water partition coefficient (Wildman–Crippen LogP) is 2.05. The van der Waals surface area contributed by atoms with E-state index in [1.807, 2.05) is 0 Å². The zero-order chi connectivity index (χ0) is 12.7. The maximum Gasteiger partial charge on any atom is 0.328 e. The highest BCUT2D eigenvalue weighted by Gasteiger charge is 2.43. The Hall–Kier alpha value is -1.91. The van der Waals surface area contributed by atoms with Gasteiger partial charge >= 0.3 is 6.03 Å². The Balaban J connectivity index is 1.96. The summed E-state index contributed by atoms with van der Waals surface area (Å²) in [6.45, 7) is 0. The number of imide groups is 1. The third kappa shape index (κ3) is 1.66. The number of carbonyl (C=O) groups excluding carboxylic acids is 2. The molecule has 94 valence electrons. The number of amides is 3. The van der Waals surface area contributed by atoms with Crippen molar-refractivity contribution in [3.8, 4) is 0 Å².